The van der Waals surface area contributed by atoms with E-state index < -0.39 is 0 Å². The van der Waals surface area contributed by atoms with Crippen molar-refractivity contribution in [2.75, 3.05) is 11.9 Å². The predicted molar refractivity (Wildman–Crippen MR) is 99.4 cm³/mol. The maximum atomic E-state index is 12.8. The van der Waals surface area contributed by atoms with Crippen molar-refractivity contribution in [1.29, 1.82) is 0 Å². The normalized spacial score (nSPS) is 10.8. The number of aryl methyl sites for hydroxylation is 2. The van der Waals surface area contributed by atoms with Gasteiger partial charge in [-0.3, -0.25) is 4.98 Å². The van der Waals surface area contributed by atoms with Gasteiger partial charge in [-0.2, -0.15) is 0 Å². The van der Waals surface area contributed by atoms with Crippen LogP contribution in [0.25, 0.3) is 10.9 Å². The van der Waals surface area contributed by atoms with Gasteiger partial charge in [-0.05, 0) is 37.1 Å². The van der Waals surface area contributed by atoms with E-state index in [2.05, 4.69) is 22.2 Å². The molecule has 0 aliphatic heterocycles. The van der Waals surface area contributed by atoms with Crippen LogP contribution in [0.3, 0.4) is 0 Å². The largest absolute Gasteiger partial charge is 0.337 e. The highest BCUT2D eigenvalue weighted by molar-refractivity contribution is 6.01. The number of nitrogens with one attached hydrogen (secondary N) is 1. The SMILES string of the molecule is CCCN(Cc1nccn1C)C(=O)Nc1ccc(C)c2ncccc12. The molecule has 2 heterocycles. The number of anilines is 1. The van der Waals surface area contributed by atoms with E-state index in [9.17, 15) is 4.79 Å². The molecule has 2 amide bonds. The van der Waals surface area contributed by atoms with Gasteiger partial charge in [0.2, 0.25) is 0 Å². The molecule has 1 aromatic carbocycles. The lowest BCUT2D eigenvalue weighted by Gasteiger charge is -2.23. The first-order valence-electron chi connectivity index (χ1n) is 8.46. The number of fused-ring (bicyclic) bond motifs is 1. The predicted octanol–water partition coefficient (Wildman–Crippen LogP) is 3.72. The third-order valence-electron chi connectivity index (χ3n) is 4.25. The number of hydrogen-bond acceptors (Lipinski definition) is 3. The van der Waals surface area contributed by atoms with Crippen LogP contribution in [-0.2, 0) is 13.6 Å². The minimum absolute atomic E-state index is 0.126. The summed E-state index contributed by atoms with van der Waals surface area (Å²) in [6, 6.07) is 7.65. The second kappa shape index (κ2) is 7.34. The van der Waals surface area contributed by atoms with Gasteiger partial charge in [0.05, 0.1) is 17.7 Å². The summed E-state index contributed by atoms with van der Waals surface area (Å²) in [6.45, 7) is 5.22. The number of imidazole rings is 1. The van der Waals surface area contributed by atoms with Crippen molar-refractivity contribution in [3.05, 3.63) is 54.2 Å². The summed E-state index contributed by atoms with van der Waals surface area (Å²) in [5, 5.41) is 3.99. The summed E-state index contributed by atoms with van der Waals surface area (Å²) in [7, 11) is 1.93. The molecule has 6 heteroatoms. The van der Waals surface area contributed by atoms with E-state index in [-0.39, 0.29) is 6.03 Å². The molecule has 0 aliphatic rings. The topological polar surface area (TPSA) is 63.1 Å². The average molecular weight is 337 g/mol. The Morgan fingerprint density at radius 1 is 1.24 bits per heavy atom. The monoisotopic (exact) mass is 337 g/mol. The van der Waals surface area contributed by atoms with Crippen molar-refractivity contribution >= 4 is 22.6 Å². The van der Waals surface area contributed by atoms with E-state index >= 15 is 0 Å². The molecular formula is C19H23N5O. The first kappa shape index (κ1) is 17.0. The minimum atomic E-state index is -0.126. The van der Waals surface area contributed by atoms with E-state index in [1.54, 1.807) is 17.3 Å². The summed E-state index contributed by atoms with van der Waals surface area (Å²) >= 11 is 0. The molecular weight excluding hydrogens is 314 g/mol. The molecule has 0 unspecified atom stereocenters. The Labute approximate surface area is 147 Å². The van der Waals surface area contributed by atoms with Gasteiger partial charge in [-0.25, -0.2) is 9.78 Å². The number of hydrogen-bond donors (Lipinski definition) is 1. The molecule has 0 saturated carbocycles. The fourth-order valence-electron chi connectivity index (χ4n) is 2.86. The first-order valence-corrected chi connectivity index (χ1v) is 8.46. The fourth-order valence-corrected chi connectivity index (χ4v) is 2.86. The minimum Gasteiger partial charge on any atom is -0.337 e. The number of aromatic nitrogens is 3. The zero-order valence-corrected chi connectivity index (χ0v) is 14.9. The number of carbonyl (C=O) groups is 1. The highest BCUT2D eigenvalue weighted by Gasteiger charge is 2.16. The number of benzene rings is 1. The zero-order chi connectivity index (χ0) is 17.8. The van der Waals surface area contributed by atoms with Crippen LogP contribution in [0.4, 0.5) is 10.5 Å². The summed E-state index contributed by atoms with van der Waals surface area (Å²) in [4.78, 5) is 23.4. The van der Waals surface area contributed by atoms with Crippen LogP contribution in [0.5, 0.6) is 0 Å². The number of carbonyl (C=O) groups excluding carboxylic acids is 1. The Morgan fingerprint density at radius 2 is 2.08 bits per heavy atom. The van der Waals surface area contributed by atoms with Gasteiger partial charge >= 0.3 is 6.03 Å². The Balaban J connectivity index is 1.84. The third kappa shape index (κ3) is 3.63. The van der Waals surface area contributed by atoms with Gasteiger partial charge in [0.1, 0.15) is 5.82 Å². The average Bonchev–Trinajstić information content (AvgIpc) is 3.02. The van der Waals surface area contributed by atoms with Crippen LogP contribution < -0.4 is 5.32 Å². The van der Waals surface area contributed by atoms with Gasteiger partial charge in [0, 0.05) is 37.6 Å². The van der Waals surface area contributed by atoms with E-state index in [0.717, 1.165) is 34.4 Å². The molecule has 0 fully saturated rings. The number of pyridine rings is 1. The highest BCUT2D eigenvalue weighted by atomic mass is 16.2. The van der Waals surface area contributed by atoms with Crippen LogP contribution in [-0.4, -0.2) is 32.0 Å². The highest BCUT2D eigenvalue weighted by Crippen LogP contribution is 2.25. The lowest BCUT2D eigenvalue weighted by Crippen LogP contribution is -2.35. The summed E-state index contributed by atoms with van der Waals surface area (Å²) in [5.41, 5.74) is 2.78. The molecule has 3 aromatic rings. The van der Waals surface area contributed by atoms with E-state index in [0.29, 0.717) is 13.1 Å². The van der Waals surface area contributed by atoms with Crippen molar-refractivity contribution < 1.29 is 4.79 Å². The molecule has 0 atom stereocenters. The Morgan fingerprint density at radius 3 is 2.80 bits per heavy atom. The fraction of sp³-hybridized carbons (Fsp3) is 0.316. The molecule has 0 spiro atoms. The van der Waals surface area contributed by atoms with Crippen LogP contribution in [0.2, 0.25) is 0 Å². The smallest absolute Gasteiger partial charge is 0.322 e. The van der Waals surface area contributed by atoms with Gasteiger partial charge in [0.15, 0.2) is 0 Å². The van der Waals surface area contributed by atoms with Crippen LogP contribution in [0, 0.1) is 6.92 Å². The number of nitrogens with zero attached hydrogens (tertiary/aromatic N) is 4. The van der Waals surface area contributed by atoms with Gasteiger partial charge in [-0.1, -0.05) is 13.0 Å². The number of amides is 2. The summed E-state index contributed by atoms with van der Waals surface area (Å²) in [6.07, 6.45) is 6.28. The van der Waals surface area contributed by atoms with Crippen molar-refractivity contribution in [3.8, 4) is 0 Å². The van der Waals surface area contributed by atoms with Crippen molar-refractivity contribution in [1.82, 2.24) is 19.4 Å². The first-order chi connectivity index (χ1) is 12.1. The second-order valence-electron chi connectivity index (χ2n) is 6.14. The molecule has 3 rings (SSSR count). The van der Waals surface area contributed by atoms with Crippen molar-refractivity contribution in [2.24, 2.45) is 7.05 Å². The molecule has 1 N–H and O–H groups in total. The Kier molecular flexibility index (Phi) is 4.97. The summed E-state index contributed by atoms with van der Waals surface area (Å²) in [5.74, 6) is 0.860. The molecule has 0 bridgehead atoms. The number of rotatable bonds is 5. The summed E-state index contributed by atoms with van der Waals surface area (Å²) < 4.78 is 1.93. The zero-order valence-electron chi connectivity index (χ0n) is 14.9. The molecule has 2 aromatic heterocycles. The number of urea groups is 1. The maximum Gasteiger partial charge on any atom is 0.322 e. The Hall–Kier alpha value is -2.89. The molecule has 130 valence electrons. The molecule has 0 aliphatic carbocycles. The molecule has 0 radical (unpaired) electrons. The second-order valence-corrected chi connectivity index (χ2v) is 6.14. The molecule has 6 nitrogen and oxygen atoms in total. The lowest BCUT2D eigenvalue weighted by atomic mass is 10.1. The van der Waals surface area contributed by atoms with Gasteiger partial charge in [0.25, 0.3) is 0 Å². The Bertz CT molecular complexity index is 886. The molecule has 0 saturated heterocycles. The van der Waals surface area contributed by atoms with Crippen LogP contribution in [0.15, 0.2) is 42.9 Å². The lowest BCUT2D eigenvalue weighted by molar-refractivity contribution is 0.207. The van der Waals surface area contributed by atoms with Crippen LogP contribution in [0.1, 0.15) is 24.7 Å². The van der Waals surface area contributed by atoms with E-state index in [4.69, 9.17) is 0 Å². The standard InChI is InChI=1S/C19H23N5O/c1-4-11-24(13-17-20-10-12-23(17)3)19(25)22-16-8-7-14(2)18-15(16)6-5-9-21-18/h5-10,12H,4,11,13H2,1-3H3,(H,22,25). The third-order valence-corrected chi connectivity index (χ3v) is 4.25. The van der Waals surface area contributed by atoms with Crippen LogP contribution >= 0.6 is 0 Å². The maximum absolute atomic E-state index is 12.8. The van der Waals surface area contributed by atoms with Crippen molar-refractivity contribution in [3.63, 3.8) is 0 Å². The van der Waals surface area contributed by atoms with E-state index in [1.165, 1.54) is 0 Å². The van der Waals surface area contributed by atoms with Gasteiger partial charge < -0.3 is 14.8 Å². The van der Waals surface area contributed by atoms with E-state index in [1.807, 2.05) is 49.0 Å². The molecule has 25 heavy (non-hydrogen) atoms. The van der Waals surface area contributed by atoms with Crippen molar-refractivity contribution in [2.45, 2.75) is 26.8 Å². The van der Waals surface area contributed by atoms with Gasteiger partial charge in [-0.15, -0.1) is 0 Å². The quantitative estimate of drug-likeness (QED) is 0.772.